The molecule has 4 heteroatoms. The topological polar surface area (TPSA) is 36.4 Å². The van der Waals surface area contributed by atoms with Gasteiger partial charge >= 0.3 is 0 Å². The molecule has 2 heterocycles. The van der Waals surface area contributed by atoms with Gasteiger partial charge in [0, 0.05) is 32.3 Å². The zero-order chi connectivity index (χ0) is 22.5. The fourth-order valence-corrected chi connectivity index (χ4v) is 5.77. The minimum Gasteiger partial charge on any atom is -0.301 e. The van der Waals surface area contributed by atoms with Gasteiger partial charge in [-0.2, -0.15) is 0 Å². The fourth-order valence-electron chi connectivity index (χ4n) is 5.77. The zero-order valence-corrected chi connectivity index (χ0v) is 19.5. The molecule has 1 aliphatic heterocycles. The van der Waals surface area contributed by atoms with Gasteiger partial charge in [0.1, 0.15) is 5.82 Å². The Morgan fingerprint density at radius 3 is 2.61 bits per heavy atom. The summed E-state index contributed by atoms with van der Waals surface area (Å²) in [6.07, 6.45) is 9.88. The van der Waals surface area contributed by atoms with Crippen LogP contribution in [-0.4, -0.2) is 42.0 Å². The minimum absolute atomic E-state index is 0.241. The maximum absolute atomic E-state index is 13.3. The van der Waals surface area contributed by atoms with Gasteiger partial charge in [0.25, 0.3) is 0 Å². The highest BCUT2D eigenvalue weighted by molar-refractivity contribution is 5.92. The summed E-state index contributed by atoms with van der Waals surface area (Å²) in [6, 6.07) is 21.3. The van der Waals surface area contributed by atoms with Crippen LogP contribution < -0.4 is 4.90 Å². The zero-order valence-electron chi connectivity index (χ0n) is 19.5. The molecule has 3 aromatic rings. The number of hydrogen-bond acceptors (Lipinski definition) is 3. The standard InChI is InChI=1S/C29H35N3O/c33-29(21-23-9-2-1-3-10-23)32(28-15-6-7-17-30-28)20-19-31-18-16-25(22-31)27-14-8-12-24-11-4-5-13-26(24)27/h4-8,11-15,17,23,25H,1-3,9-10,16,18-22H2. The summed E-state index contributed by atoms with van der Waals surface area (Å²) < 4.78 is 0. The summed E-state index contributed by atoms with van der Waals surface area (Å²) in [6.45, 7) is 3.75. The number of aromatic nitrogens is 1. The van der Waals surface area contributed by atoms with Crippen molar-refractivity contribution in [1.29, 1.82) is 0 Å². The Kier molecular flexibility index (Phi) is 7.01. The molecule has 4 nitrogen and oxygen atoms in total. The Balaban J connectivity index is 1.24. The largest absolute Gasteiger partial charge is 0.301 e. The van der Waals surface area contributed by atoms with E-state index in [1.165, 1.54) is 54.9 Å². The summed E-state index contributed by atoms with van der Waals surface area (Å²) >= 11 is 0. The van der Waals surface area contributed by atoms with Crippen LogP contribution in [0.4, 0.5) is 5.82 Å². The molecule has 1 saturated heterocycles. The molecule has 2 aliphatic rings. The molecule has 1 aliphatic carbocycles. The Morgan fingerprint density at radius 1 is 0.939 bits per heavy atom. The first-order chi connectivity index (χ1) is 16.3. The normalized spacial score (nSPS) is 19.7. The van der Waals surface area contributed by atoms with Crippen LogP contribution >= 0.6 is 0 Å². The van der Waals surface area contributed by atoms with Crippen LogP contribution in [0.5, 0.6) is 0 Å². The van der Waals surface area contributed by atoms with E-state index in [2.05, 4.69) is 52.3 Å². The van der Waals surface area contributed by atoms with E-state index >= 15 is 0 Å². The van der Waals surface area contributed by atoms with Crippen molar-refractivity contribution in [2.75, 3.05) is 31.1 Å². The summed E-state index contributed by atoms with van der Waals surface area (Å²) in [5.74, 6) is 2.13. The van der Waals surface area contributed by atoms with Crippen molar-refractivity contribution < 1.29 is 4.79 Å². The maximum Gasteiger partial charge on any atom is 0.228 e. The molecule has 172 valence electrons. The van der Waals surface area contributed by atoms with Crippen LogP contribution in [0.2, 0.25) is 0 Å². The number of amides is 1. The highest BCUT2D eigenvalue weighted by Crippen LogP contribution is 2.32. The van der Waals surface area contributed by atoms with Gasteiger partial charge in [-0.25, -0.2) is 4.98 Å². The van der Waals surface area contributed by atoms with E-state index in [0.29, 0.717) is 24.8 Å². The van der Waals surface area contributed by atoms with Gasteiger partial charge in [-0.1, -0.05) is 67.8 Å². The third-order valence-electron chi connectivity index (χ3n) is 7.59. The molecule has 2 fully saturated rings. The summed E-state index contributed by atoms with van der Waals surface area (Å²) in [5, 5.41) is 2.70. The van der Waals surface area contributed by atoms with Crippen molar-refractivity contribution in [2.24, 2.45) is 5.92 Å². The molecule has 0 N–H and O–H groups in total. The Morgan fingerprint density at radius 2 is 1.76 bits per heavy atom. The average molecular weight is 442 g/mol. The number of fused-ring (bicyclic) bond motifs is 1. The predicted molar refractivity (Wildman–Crippen MR) is 136 cm³/mol. The molecule has 33 heavy (non-hydrogen) atoms. The third-order valence-corrected chi connectivity index (χ3v) is 7.59. The Bertz CT molecular complexity index is 1060. The first-order valence-corrected chi connectivity index (χ1v) is 12.7. The summed E-state index contributed by atoms with van der Waals surface area (Å²) in [7, 11) is 0. The second-order valence-corrected chi connectivity index (χ2v) is 9.80. The van der Waals surface area contributed by atoms with Gasteiger partial charge in [-0.05, 0) is 66.1 Å². The molecule has 1 atom stereocenters. The Labute approximate surface area is 197 Å². The van der Waals surface area contributed by atoms with E-state index in [0.717, 1.165) is 25.5 Å². The molecule has 1 amide bonds. The van der Waals surface area contributed by atoms with Crippen LogP contribution in [0.15, 0.2) is 66.9 Å². The summed E-state index contributed by atoms with van der Waals surface area (Å²) in [5.41, 5.74) is 1.46. The van der Waals surface area contributed by atoms with E-state index in [1.54, 1.807) is 6.20 Å². The van der Waals surface area contributed by atoms with Crippen LogP contribution in [0, 0.1) is 5.92 Å². The first kappa shape index (κ1) is 22.1. The molecule has 1 saturated carbocycles. The van der Waals surface area contributed by atoms with Crippen molar-refractivity contribution in [3.8, 4) is 0 Å². The van der Waals surface area contributed by atoms with Gasteiger partial charge in [0.2, 0.25) is 5.91 Å². The maximum atomic E-state index is 13.3. The molecule has 1 aromatic heterocycles. The lowest BCUT2D eigenvalue weighted by Gasteiger charge is -2.28. The lowest BCUT2D eigenvalue weighted by molar-refractivity contribution is -0.119. The number of carbonyl (C=O) groups excluding carboxylic acids is 1. The average Bonchev–Trinajstić information content (AvgIpc) is 3.34. The van der Waals surface area contributed by atoms with E-state index in [9.17, 15) is 4.79 Å². The van der Waals surface area contributed by atoms with Gasteiger partial charge in [-0.15, -0.1) is 0 Å². The number of carbonyl (C=O) groups is 1. The van der Waals surface area contributed by atoms with Gasteiger partial charge < -0.3 is 4.90 Å². The van der Waals surface area contributed by atoms with Gasteiger partial charge in [-0.3, -0.25) is 9.69 Å². The number of pyridine rings is 1. The van der Waals surface area contributed by atoms with E-state index in [1.807, 2.05) is 23.1 Å². The van der Waals surface area contributed by atoms with Crippen molar-refractivity contribution in [1.82, 2.24) is 9.88 Å². The number of nitrogens with zero attached hydrogens (tertiary/aromatic N) is 3. The van der Waals surface area contributed by atoms with Crippen molar-refractivity contribution in [2.45, 2.75) is 50.9 Å². The minimum atomic E-state index is 0.241. The first-order valence-electron chi connectivity index (χ1n) is 12.7. The van der Waals surface area contributed by atoms with Crippen molar-refractivity contribution >= 4 is 22.5 Å². The van der Waals surface area contributed by atoms with E-state index in [4.69, 9.17) is 0 Å². The monoisotopic (exact) mass is 441 g/mol. The number of likely N-dealkylation sites (tertiary alicyclic amines) is 1. The molecule has 0 spiro atoms. The second-order valence-electron chi connectivity index (χ2n) is 9.80. The molecule has 5 rings (SSSR count). The van der Waals surface area contributed by atoms with Crippen LogP contribution in [-0.2, 0) is 4.79 Å². The highest BCUT2D eigenvalue weighted by atomic mass is 16.2. The smallest absolute Gasteiger partial charge is 0.228 e. The van der Waals surface area contributed by atoms with Crippen LogP contribution in [0.25, 0.3) is 10.8 Å². The van der Waals surface area contributed by atoms with E-state index < -0.39 is 0 Å². The van der Waals surface area contributed by atoms with Gasteiger partial charge in [0.05, 0.1) is 0 Å². The van der Waals surface area contributed by atoms with E-state index in [-0.39, 0.29) is 5.91 Å². The third kappa shape index (κ3) is 5.27. The quantitative estimate of drug-likeness (QED) is 0.449. The SMILES string of the molecule is O=C(CC1CCCCC1)N(CCN1CCC(c2cccc3ccccc23)C1)c1ccccn1. The number of rotatable bonds is 7. The van der Waals surface area contributed by atoms with Crippen molar-refractivity contribution in [3.05, 3.63) is 72.4 Å². The fraction of sp³-hybridized carbons (Fsp3) is 0.448. The molecular formula is C29H35N3O. The highest BCUT2D eigenvalue weighted by Gasteiger charge is 2.27. The number of benzene rings is 2. The number of anilines is 1. The second kappa shape index (κ2) is 10.5. The molecule has 1 unspecified atom stereocenters. The lowest BCUT2D eigenvalue weighted by atomic mass is 9.86. The molecular weight excluding hydrogens is 406 g/mol. The Hall–Kier alpha value is -2.72. The molecule has 0 bridgehead atoms. The lowest BCUT2D eigenvalue weighted by Crippen LogP contribution is -2.39. The van der Waals surface area contributed by atoms with Crippen LogP contribution in [0.1, 0.15) is 56.4 Å². The molecule has 0 radical (unpaired) electrons. The summed E-state index contributed by atoms with van der Waals surface area (Å²) in [4.78, 5) is 22.3. The van der Waals surface area contributed by atoms with Crippen LogP contribution in [0.3, 0.4) is 0 Å². The van der Waals surface area contributed by atoms with Gasteiger partial charge in [0.15, 0.2) is 0 Å². The number of hydrogen-bond donors (Lipinski definition) is 0. The predicted octanol–water partition coefficient (Wildman–Crippen LogP) is 6.03. The molecule has 2 aromatic carbocycles. The van der Waals surface area contributed by atoms with Crippen molar-refractivity contribution in [3.63, 3.8) is 0 Å².